The van der Waals surface area contributed by atoms with Gasteiger partial charge in [0.1, 0.15) is 6.20 Å². The molecule has 0 N–H and O–H groups in total. The summed E-state index contributed by atoms with van der Waals surface area (Å²) in [6.45, 7) is 0. The lowest BCUT2D eigenvalue weighted by atomic mass is 10.2. The Morgan fingerprint density at radius 2 is 2.00 bits per heavy atom. The van der Waals surface area contributed by atoms with Gasteiger partial charge in [0, 0.05) is 11.6 Å². The summed E-state index contributed by atoms with van der Waals surface area (Å²) in [4.78, 5) is 11.5. The summed E-state index contributed by atoms with van der Waals surface area (Å²) in [5, 5.41) is 9.65. The molecule has 4 nitrogen and oxygen atoms in total. The molecule has 0 aliphatic carbocycles. The van der Waals surface area contributed by atoms with Gasteiger partial charge in [0.25, 0.3) is 5.56 Å². The zero-order chi connectivity index (χ0) is 10.3. The van der Waals surface area contributed by atoms with E-state index in [1.54, 1.807) is 6.20 Å². The molecule has 2 heterocycles. The maximum Gasteiger partial charge on any atom is 0.276 e. The van der Waals surface area contributed by atoms with Crippen molar-refractivity contribution in [3.63, 3.8) is 0 Å². The lowest BCUT2D eigenvalue weighted by Crippen LogP contribution is -2.14. The average molecular weight is 197 g/mol. The Balaban J connectivity index is 2.67. The smallest absolute Gasteiger partial charge is 0.267 e. The van der Waals surface area contributed by atoms with E-state index < -0.39 is 0 Å². The highest BCUT2D eigenvalue weighted by atomic mass is 16.1. The standard InChI is InChI=1S/C11H7N3O/c15-10-7-12-13-11-9-4-2-1-3-8(9)5-6-14(10)11/h1-7H. The fraction of sp³-hybridized carbons (Fsp3) is 0. The highest BCUT2D eigenvalue weighted by molar-refractivity contribution is 5.93. The maximum absolute atomic E-state index is 11.5. The van der Waals surface area contributed by atoms with Crippen LogP contribution in [0.5, 0.6) is 0 Å². The SMILES string of the molecule is O=c1cnnc2c3ccccc3ccn12. The van der Waals surface area contributed by atoms with E-state index >= 15 is 0 Å². The molecule has 0 fully saturated rings. The van der Waals surface area contributed by atoms with Gasteiger partial charge in [-0.2, -0.15) is 5.10 Å². The first kappa shape index (κ1) is 8.11. The van der Waals surface area contributed by atoms with Crippen molar-refractivity contribution in [2.45, 2.75) is 0 Å². The van der Waals surface area contributed by atoms with Crippen LogP contribution < -0.4 is 5.56 Å². The van der Waals surface area contributed by atoms with Crippen LogP contribution in [0.2, 0.25) is 0 Å². The van der Waals surface area contributed by atoms with Gasteiger partial charge in [-0.15, -0.1) is 5.10 Å². The third-order valence-corrected chi connectivity index (χ3v) is 2.39. The van der Waals surface area contributed by atoms with Crippen LogP contribution in [0.15, 0.2) is 47.5 Å². The minimum atomic E-state index is -0.161. The number of benzene rings is 1. The summed E-state index contributed by atoms with van der Waals surface area (Å²) < 4.78 is 1.50. The third kappa shape index (κ3) is 1.11. The Hall–Kier alpha value is -2.23. The molecule has 0 atom stereocenters. The zero-order valence-corrected chi connectivity index (χ0v) is 7.79. The van der Waals surface area contributed by atoms with Gasteiger partial charge < -0.3 is 0 Å². The molecular formula is C11H7N3O. The number of fused-ring (bicyclic) bond motifs is 3. The predicted molar refractivity (Wildman–Crippen MR) is 56.8 cm³/mol. The van der Waals surface area contributed by atoms with Crippen molar-refractivity contribution in [2.24, 2.45) is 0 Å². The predicted octanol–water partition coefficient (Wildman–Crippen LogP) is 1.24. The Morgan fingerprint density at radius 3 is 2.93 bits per heavy atom. The van der Waals surface area contributed by atoms with Gasteiger partial charge in [0.15, 0.2) is 5.65 Å². The highest BCUT2D eigenvalue weighted by Crippen LogP contribution is 2.15. The molecule has 72 valence electrons. The Bertz CT molecular complexity index is 703. The second-order valence-corrected chi connectivity index (χ2v) is 3.28. The molecule has 0 aliphatic rings. The summed E-state index contributed by atoms with van der Waals surface area (Å²) in [6.07, 6.45) is 2.93. The Labute approximate surface area is 84.8 Å². The molecule has 15 heavy (non-hydrogen) atoms. The zero-order valence-electron chi connectivity index (χ0n) is 7.79. The highest BCUT2D eigenvalue weighted by Gasteiger charge is 2.01. The van der Waals surface area contributed by atoms with Crippen LogP contribution in [-0.4, -0.2) is 14.6 Å². The van der Waals surface area contributed by atoms with Gasteiger partial charge in [-0.25, -0.2) is 0 Å². The molecule has 1 aromatic carbocycles. The van der Waals surface area contributed by atoms with Crippen LogP contribution >= 0.6 is 0 Å². The van der Waals surface area contributed by atoms with Crippen LogP contribution in [0.25, 0.3) is 16.4 Å². The molecule has 0 spiro atoms. The van der Waals surface area contributed by atoms with E-state index in [9.17, 15) is 4.79 Å². The lowest BCUT2D eigenvalue weighted by molar-refractivity contribution is 0.941. The van der Waals surface area contributed by atoms with Crippen molar-refractivity contribution in [3.8, 4) is 0 Å². The van der Waals surface area contributed by atoms with Crippen molar-refractivity contribution in [1.82, 2.24) is 14.6 Å². The first-order valence-electron chi connectivity index (χ1n) is 4.58. The maximum atomic E-state index is 11.5. The lowest BCUT2D eigenvalue weighted by Gasteiger charge is -2.01. The number of rotatable bonds is 0. The number of hydrogen-bond donors (Lipinski definition) is 0. The van der Waals surface area contributed by atoms with E-state index in [2.05, 4.69) is 10.2 Å². The molecule has 0 radical (unpaired) electrons. The van der Waals surface area contributed by atoms with Gasteiger partial charge >= 0.3 is 0 Å². The van der Waals surface area contributed by atoms with Crippen molar-refractivity contribution in [1.29, 1.82) is 0 Å². The summed E-state index contributed by atoms with van der Waals surface area (Å²) >= 11 is 0. The van der Waals surface area contributed by atoms with Crippen molar-refractivity contribution in [3.05, 3.63) is 53.1 Å². The van der Waals surface area contributed by atoms with Gasteiger partial charge in [-0.3, -0.25) is 9.20 Å². The van der Waals surface area contributed by atoms with Gasteiger partial charge in [0.05, 0.1) is 0 Å². The number of nitrogens with zero attached hydrogens (tertiary/aromatic N) is 3. The van der Waals surface area contributed by atoms with Crippen LogP contribution in [0.3, 0.4) is 0 Å². The fourth-order valence-electron chi connectivity index (χ4n) is 1.68. The van der Waals surface area contributed by atoms with Crippen LogP contribution in [-0.2, 0) is 0 Å². The minimum Gasteiger partial charge on any atom is -0.267 e. The minimum absolute atomic E-state index is 0.161. The van der Waals surface area contributed by atoms with Crippen molar-refractivity contribution in [2.75, 3.05) is 0 Å². The average Bonchev–Trinajstić information content (AvgIpc) is 2.29. The summed E-state index contributed by atoms with van der Waals surface area (Å²) in [6, 6.07) is 9.67. The summed E-state index contributed by atoms with van der Waals surface area (Å²) in [5.74, 6) is 0. The van der Waals surface area contributed by atoms with Gasteiger partial charge in [-0.05, 0) is 11.5 Å². The number of hydrogen-bond acceptors (Lipinski definition) is 3. The first-order chi connectivity index (χ1) is 7.36. The van der Waals surface area contributed by atoms with E-state index in [-0.39, 0.29) is 5.56 Å². The van der Waals surface area contributed by atoms with Gasteiger partial charge in [-0.1, -0.05) is 24.3 Å². The van der Waals surface area contributed by atoms with Gasteiger partial charge in [0.2, 0.25) is 0 Å². The molecule has 4 heteroatoms. The molecule has 0 unspecified atom stereocenters. The molecular weight excluding hydrogens is 190 g/mol. The number of pyridine rings is 1. The quantitative estimate of drug-likeness (QED) is 0.509. The van der Waals surface area contributed by atoms with Crippen molar-refractivity contribution < 1.29 is 0 Å². The molecule has 3 rings (SSSR count). The van der Waals surface area contributed by atoms with Crippen molar-refractivity contribution >= 4 is 16.4 Å². The van der Waals surface area contributed by atoms with E-state index in [1.807, 2.05) is 30.3 Å². The van der Waals surface area contributed by atoms with E-state index in [1.165, 1.54) is 10.6 Å². The second kappa shape index (κ2) is 2.88. The van der Waals surface area contributed by atoms with Crippen LogP contribution in [0, 0.1) is 0 Å². The third-order valence-electron chi connectivity index (χ3n) is 2.39. The first-order valence-corrected chi connectivity index (χ1v) is 4.58. The second-order valence-electron chi connectivity index (χ2n) is 3.28. The Kier molecular flexibility index (Phi) is 1.56. The van der Waals surface area contributed by atoms with Crippen LogP contribution in [0.4, 0.5) is 0 Å². The number of aromatic nitrogens is 3. The molecule has 0 aliphatic heterocycles. The topological polar surface area (TPSA) is 47.3 Å². The monoisotopic (exact) mass is 197 g/mol. The molecule has 0 saturated heterocycles. The molecule has 2 aromatic heterocycles. The Morgan fingerprint density at radius 1 is 1.13 bits per heavy atom. The molecule has 3 aromatic rings. The normalized spacial score (nSPS) is 10.9. The largest absolute Gasteiger partial charge is 0.276 e. The van der Waals surface area contributed by atoms with Crippen LogP contribution in [0.1, 0.15) is 0 Å². The van der Waals surface area contributed by atoms with E-state index in [0.29, 0.717) is 5.65 Å². The van der Waals surface area contributed by atoms with E-state index in [0.717, 1.165) is 10.8 Å². The van der Waals surface area contributed by atoms with E-state index in [4.69, 9.17) is 0 Å². The molecule has 0 amide bonds. The molecule has 0 saturated carbocycles. The fourth-order valence-corrected chi connectivity index (χ4v) is 1.68. The summed E-state index contributed by atoms with van der Waals surface area (Å²) in [7, 11) is 0. The molecule has 0 bridgehead atoms. The summed E-state index contributed by atoms with van der Waals surface area (Å²) in [5.41, 5.74) is 0.436.